The normalized spacial score (nSPS) is 10.7. The molecule has 2 aromatic carbocycles. The van der Waals surface area contributed by atoms with E-state index >= 15 is 0 Å². The van der Waals surface area contributed by atoms with Crippen molar-refractivity contribution in [3.8, 4) is 11.1 Å². The lowest BCUT2D eigenvalue weighted by molar-refractivity contribution is 0.102. The highest BCUT2D eigenvalue weighted by Crippen LogP contribution is 2.23. The first-order valence-electron chi connectivity index (χ1n) is 6.99. The number of hydrogen-bond donors (Lipinski definition) is 0. The minimum atomic E-state index is 0.0837. The number of hydrogen-bond acceptors (Lipinski definition) is 4. The van der Waals surface area contributed by atoms with Crippen molar-refractivity contribution in [3.63, 3.8) is 0 Å². The van der Waals surface area contributed by atoms with Crippen molar-refractivity contribution in [3.05, 3.63) is 64.9 Å². The zero-order valence-electron chi connectivity index (χ0n) is 12.4. The van der Waals surface area contributed by atoms with Crippen molar-refractivity contribution < 1.29 is 4.79 Å². The van der Waals surface area contributed by atoms with Gasteiger partial charge in [-0.2, -0.15) is 0 Å². The average molecular weight is 388 g/mol. The molecule has 4 nitrogen and oxygen atoms in total. The van der Waals surface area contributed by atoms with E-state index in [4.69, 9.17) is 0 Å². The van der Waals surface area contributed by atoms with Crippen LogP contribution in [0.4, 0.5) is 0 Å². The summed E-state index contributed by atoms with van der Waals surface area (Å²) in [4.78, 5) is 12.3. The Morgan fingerprint density at radius 2 is 1.70 bits per heavy atom. The van der Waals surface area contributed by atoms with Gasteiger partial charge in [0.2, 0.25) is 0 Å². The maximum Gasteiger partial charge on any atom is 0.191 e. The van der Waals surface area contributed by atoms with E-state index in [0.29, 0.717) is 11.3 Å². The summed E-state index contributed by atoms with van der Waals surface area (Å²) in [5, 5.41) is 8.50. The Hall–Kier alpha value is -1.92. The van der Waals surface area contributed by atoms with E-state index in [1.54, 1.807) is 10.9 Å². The molecular formula is C17H14BrN3OS. The van der Waals surface area contributed by atoms with Gasteiger partial charge in [0, 0.05) is 17.1 Å². The number of carbonyl (C=O) groups excluding carboxylic acids is 1. The van der Waals surface area contributed by atoms with E-state index in [2.05, 4.69) is 26.1 Å². The zero-order valence-corrected chi connectivity index (χ0v) is 14.8. The van der Waals surface area contributed by atoms with Gasteiger partial charge in [-0.05, 0) is 23.3 Å². The van der Waals surface area contributed by atoms with Gasteiger partial charge in [0.25, 0.3) is 0 Å². The second-order valence-corrected chi connectivity index (χ2v) is 6.88. The van der Waals surface area contributed by atoms with Crippen LogP contribution >= 0.6 is 27.7 Å². The fourth-order valence-corrected chi connectivity index (χ4v) is 3.15. The van der Waals surface area contributed by atoms with Gasteiger partial charge in [-0.15, -0.1) is 10.2 Å². The largest absolute Gasteiger partial charge is 0.312 e. The van der Waals surface area contributed by atoms with Gasteiger partial charge in [-0.3, -0.25) is 4.79 Å². The van der Waals surface area contributed by atoms with Crippen molar-refractivity contribution in [2.45, 2.75) is 5.16 Å². The lowest BCUT2D eigenvalue weighted by Crippen LogP contribution is -2.03. The molecule has 0 fully saturated rings. The highest BCUT2D eigenvalue weighted by atomic mass is 79.9. The third kappa shape index (κ3) is 3.89. The molecule has 1 heterocycles. The van der Waals surface area contributed by atoms with Crippen LogP contribution in [0.3, 0.4) is 0 Å². The number of thioether (sulfide) groups is 1. The van der Waals surface area contributed by atoms with Gasteiger partial charge in [-0.25, -0.2) is 0 Å². The number of ketones is 1. The molecule has 0 aliphatic rings. The molecule has 0 atom stereocenters. The first-order chi connectivity index (χ1) is 11.1. The van der Waals surface area contributed by atoms with Crippen LogP contribution in [0, 0.1) is 0 Å². The molecule has 23 heavy (non-hydrogen) atoms. The van der Waals surface area contributed by atoms with Crippen molar-refractivity contribution in [2.75, 3.05) is 5.75 Å². The van der Waals surface area contributed by atoms with Crippen LogP contribution in [0.2, 0.25) is 0 Å². The molecule has 0 aliphatic carbocycles. The predicted octanol–water partition coefficient (Wildman–Crippen LogP) is 4.22. The van der Waals surface area contributed by atoms with Gasteiger partial charge in [0.15, 0.2) is 10.9 Å². The number of nitrogens with zero attached hydrogens (tertiary/aromatic N) is 3. The minimum absolute atomic E-state index is 0.0837. The van der Waals surface area contributed by atoms with Crippen LogP contribution in [-0.2, 0) is 7.05 Å². The van der Waals surface area contributed by atoms with Crippen LogP contribution < -0.4 is 0 Å². The Kier molecular flexibility index (Phi) is 4.93. The molecule has 1 aromatic heterocycles. The molecule has 0 bridgehead atoms. The monoisotopic (exact) mass is 387 g/mol. The topological polar surface area (TPSA) is 47.8 Å². The summed E-state index contributed by atoms with van der Waals surface area (Å²) in [6, 6.07) is 15.8. The Bertz CT molecular complexity index is 813. The molecule has 0 unspecified atom stereocenters. The summed E-state index contributed by atoms with van der Waals surface area (Å²) < 4.78 is 2.85. The third-order valence-electron chi connectivity index (χ3n) is 3.39. The number of rotatable bonds is 5. The SMILES string of the molecule is Cn1cnnc1SCC(=O)c1ccc(-c2ccc(Br)cc2)cc1. The van der Waals surface area contributed by atoms with Gasteiger partial charge >= 0.3 is 0 Å². The minimum Gasteiger partial charge on any atom is -0.312 e. The van der Waals surface area contributed by atoms with E-state index in [-0.39, 0.29) is 5.78 Å². The van der Waals surface area contributed by atoms with Crippen molar-refractivity contribution in [1.82, 2.24) is 14.8 Å². The highest BCUT2D eigenvalue weighted by molar-refractivity contribution is 9.10. The average Bonchev–Trinajstić information content (AvgIpc) is 2.99. The molecule has 0 amide bonds. The van der Waals surface area contributed by atoms with E-state index < -0.39 is 0 Å². The maximum atomic E-state index is 12.3. The molecular weight excluding hydrogens is 374 g/mol. The van der Waals surface area contributed by atoms with Crippen LogP contribution in [0.15, 0.2) is 64.5 Å². The van der Waals surface area contributed by atoms with Crippen molar-refractivity contribution in [2.24, 2.45) is 7.05 Å². The van der Waals surface area contributed by atoms with E-state index in [1.165, 1.54) is 11.8 Å². The van der Waals surface area contributed by atoms with Gasteiger partial charge < -0.3 is 4.57 Å². The standard InChI is InChI=1S/C17H14BrN3OS/c1-21-11-19-20-17(21)23-10-16(22)14-4-2-12(3-5-14)13-6-8-15(18)9-7-13/h2-9,11H,10H2,1H3. The van der Waals surface area contributed by atoms with Crippen LogP contribution in [0.5, 0.6) is 0 Å². The summed E-state index contributed by atoms with van der Waals surface area (Å²) in [6.07, 6.45) is 1.62. The number of benzene rings is 2. The molecule has 0 spiro atoms. The number of carbonyl (C=O) groups is 1. The zero-order chi connectivity index (χ0) is 16.2. The Balaban J connectivity index is 1.68. The lowest BCUT2D eigenvalue weighted by Gasteiger charge is -2.04. The molecule has 0 saturated heterocycles. The van der Waals surface area contributed by atoms with Gasteiger partial charge in [-0.1, -0.05) is 64.1 Å². The van der Waals surface area contributed by atoms with Crippen molar-refractivity contribution >= 4 is 33.5 Å². The van der Waals surface area contributed by atoms with Crippen LogP contribution in [0.1, 0.15) is 10.4 Å². The van der Waals surface area contributed by atoms with E-state index in [9.17, 15) is 4.79 Å². The quantitative estimate of drug-likeness (QED) is 0.485. The van der Waals surface area contributed by atoms with E-state index in [1.807, 2.05) is 55.6 Å². The number of Topliss-reactive ketones (excluding diaryl/α,β-unsaturated/α-hetero) is 1. The Labute approximate surface area is 147 Å². The molecule has 0 aliphatic heterocycles. The fourth-order valence-electron chi connectivity index (χ4n) is 2.11. The summed E-state index contributed by atoms with van der Waals surface area (Å²) in [5.74, 6) is 0.435. The van der Waals surface area contributed by atoms with Crippen LogP contribution in [-0.4, -0.2) is 26.3 Å². The number of aromatic nitrogens is 3. The molecule has 0 saturated carbocycles. The predicted molar refractivity (Wildman–Crippen MR) is 95.6 cm³/mol. The van der Waals surface area contributed by atoms with Gasteiger partial charge in [0.1, 0.15) is 6.33 Å². The summed E-state index contributed by atoms with van der Waals surface area (Å²) in [7, 11) is 1.86. The fraction of sp³-hybridized carbons (Fsp3) is 0.118. The Morgan fingerprint density at radius 3 is 2.26 bits per heavy atom. The molecule has 0 radical (unpaired) electrons. The Morgan fingerprint density at radius 1 is 1.09 bits per heavy atom. The number of aryl methyl sites for hydroxylation is 1. The smallest absolute Gasteiger partial charge is 0.191 e. The lowest BCUT2D eigenvalue weighted by atomic mass is 10.0. The first-order valence-corrected chi connectivity index (χ1v) is 8.77. The second kappa shape index (κ2) is 7.10. The summed E-state index contributed by atoms with van der Waals surface area (Å²) in [5.41, 5.74) is 2.93. The maximum absolute atomic E-state index is 12.3. The first kappa shape index (κ1) is 16.0. The third-order valence-corrected chi connectivity index (χ3v) is 4.95. The van der Waals surface area contributed by atoms with E-state index in [0.717, 1.165) is 20.8 Å². The second-order valence-electron chi connectivity index (χ2n) is 5.02. The van der Waals surface area contributed by atoms with Crippen LogP contribution in [0.25, 0.3) is 11.1 Å². The molecule has 6 heteroatoms. The number of halogens is 1. The van der Waals surface area contributed by atoms with Gasteiger partial charge in [0.05, 0.1) is 5.75 Å². The highest BCUT2D eigenvalue weighted by Gasteiger charge is 2.09. The summed E-state index contributed by atoms with van der Waals surface area (Å²) >= 11 is 4.82. The molecule has 3 aromatic rings. The summed E-state index contributed by atoms with van der Waals surface area (Å²) in [6.45, 7) is 0. The van der Waals surface area contributed by atoms with Crippen molar-refractivity contribution in [1.29, 1.82) is 0 Å². The molecule has 116 valence electrons. The molecule has 3 rings (SSSR count). The molecule has 0 N–H and O–H groups in total.